The fraction of sp³-hybridized carbons (Fsp3) is 0.200. The third kappa shape index (κ3) is 1.92. The summed E-state index contributed by atoms with van der Waals surface area (Å²) in [4.78, 5) is 2.49. The molecule has 4 aromatic rings. The SMILES string of the molecule is CCN(CC)Cc1ccc2c(c1)-c1cccc3c1C21c2ccccc2-c2cccc-3c21. The minimum Gasteiger partial charge on any atom is -0.300 e. The molecule has 0 saturated heterocycles. The molecule has 31 heavy (non-hydrogen) atoms. The van der Waals surface area contributed by atoms with Crippen LogP contribution < -0.4 is 0 Å². The highest BCUT2D eigenvalue weighted by Crippen LogP contribution is 2.69. The topological polar surface area (TPSA) is 3.24 Å². The van der Waals surface area contributed by atoms with E-state index in [1.165, 1.54) is 61.2 Å². The van der Waals surface area contributed by atoms with Crippen LogP contribution in [-0.2, 0) is 12.0 Å². The highest BCUT2D eigenvalue weighted by molar-refractivity contribution is 6.05. The summed E-state index contributed by atoms with van der Waals surface area (Å²) in [6.45, 7) is 7.69. The van der Waals surface area contributed by atoms with Crippen molar-refractivity contribution in [2.45, 2.75) is 25.8 Å². The van der Waals surface area contributed by atoms with Crippen LogP contribution in [0.4, 0.5) is 0 Å². The Kier molecular flexibility index (Phi) is 3.37. The van der Waals surface area contributed by atoms with E-state index >= 15 is 0 Å². The number of benzene rings is 4. The number of fused-ring (bicyclic) bond motifs is 5. The Labute approximate surface area is 184 Å². The highest BCUT2D eigenvalue weighted by Gasteiger charge is 2.57. The molecule has 1 unspecified atom stereocenters. The van der Waals surface area contributed by atoms with E-state index in [-0.39, 0.29) is 5.41 Å². The molecule has 0 N–H and O–H groups in total. The summed E-state index contributed by atoms with van der Waals surface area (Å²) < 4.78 is 0. The molecule has 1 atom stereocenters. The lowest BCUT2D eigenvalue weighted by Gasteiger charge is -2.27. The first-order valence-electron chi connectivity index (χ1n) is 11.5. The van der Waals surface area contributed by atoms with Crippen molar-refractivity contribution < 1.29 is 0 Å². The van der Waals surface area contributed by atoms with Crippen LogP contribution in [0.3, 0.4) is 0 Å². The molecule has 0 aromatic heterocycles. The monoisotopic (exact) mass is 399 g/mol. The van der Waals surface area contributed by atoms with Gasteiger partial charge in [0.2, 0.25) is 0 Å². The number of rotatable bonds is 4. The molecule has 0 saturated carbocycles. The van der Waals surface area contributed by atoms with E-state index < -0.39 is 0 Å². The smallest absolute Gasteiger partial charge is 0.0737 e. The highest BCUT2D eigenvalue weighted by atomic mass is 15.1. The van der Waals surface area contributed by atoms with Crippen LogP contribution in [0.5, 0.6) is 0 Å². The first-order chi connectivity index (χ1) is 15.3. The molecule has 0 bridgehead atoms. The molecule has 4 aromatic carbocycles. The number of nitrogens with zero attached hydrogens (tertiary/aromatic N) is 1. The van der Waals surface area contributed by atoms with E-state index in [0.717, 1.165) is 19.6 Å². The van der Waals surface area contributed by atoms with Gasteiger partial charge in [0.15, 0.2) is 0 Å². The second kappa shape index (κ2) is 5.96. The van der Waals surface area contributed by atoms with Gasteiger partial charge in [-0.1, -0.05) is 86.6 Å². The lowest BCUT2D eigenvalue weighted by atomic mass is 9.73. The van der Waals surface area contributed by atoms with Gasteiger partial charge in [-0.2, -0.15) is 0 Å². The van der Waals surface area contributed by atoms with Crippen molar-refractivity contribution in [3.05, 3.63) is 107 Å². The van der Waals surface area contributed by atoms with Crippen molar-refractivity contribution in [1.29, 1.82) is 0 Å². The Morgan fingerprint density at radius 3 is 1.81 bits per heavy atom. The minimum atomic E-state index is -0.141. The Morgan fingerprint density at radius 1 is 0.581 bits per heavy atom. The van der Waals surface area contributed by atoms with Gasteiger partial charge >= 0.3 is 0 Å². The van der Waals surface area contributed by atoms with Crippen molar-refractivity contribution in [2.75, 3.05) is 13.1 Å². The second-order valence-electron chi connectivity index (χ2n) is 9.09. The minimum absolute atomic E-state index is 0.141. The third-order valence-electron chi connectivity index (χ3n) is 7.87. The van der Waals surface area contributed by atoms with Gasteiger partial charge in [-0.15, -0.1) is 0 Å². The molecule has 1 heteroatoms. The van der Waals surface area contributed by atoms with Gasteiger partial charge in [-0.05, 0) is 80.4 Å². The van der Waals surface area contributed by atoms with Crippen LogP contribution in [0.2, 0.25) is 0 Å². The normalized spacial score (nSPS) is 18.2. The summed E-state index contributed by atoms with van der Waals surface area (Å²) in [7, 11) is 0. The Morgan fingerprint density at radius 2 is 1.13 bits per heavy atom. The maximum absolute atomic E-state index is 2.49. The average molecular weight is 400 g/mol. The lowest BCUT2D eigenvalue weighted by Crippen LogP contribution is -2.24. The molecule has 150 valence electrons. The fourth-order valence-electron chi connectivity index (χ4n) is 6.61. The lowest BCUT2D eigenvalue weighted by molar-refractivity contribution is 0.296. The zero-order valence-electron chi connectivity index (χ0n) is 18.1. The zero-order chi connectivity index (χ0) is 20.7. The predicted molar refractivity (Wildman–Crippen MR) is 128 cm³/mol. The number of hydrogen-bond acceptors (Lipinski definition) is 1. The Hall–Kier alpha value is -3.16. The van der Waals surface area contributed by atoms with Gasteiger partial charge < -0.3 is 0 Å². The summed E-state index contributed by atoms with van der Waals surface area (Å²) in [6.07, 6.45) is 0. The molecule has 1 spiro atoms. The van der Waals surface area contributed by atoms with Gasteiger partial charge in [-0.25, -0.2) is 0 Å². The molecular formula is C30H25N. The molecule has 7 rings (SSSR count). The molecule has 3 aliphatic carbocycles. The van der Waals surface area contributed by atoms with Crippen molar-refractivity contribution >= 4 is 0 Å². The maximum atomic E-state index is 2.49. The van der Waals surface area contributed by atoms with E-state index in [0.29, 0.717) is 0 Å². The first-order valence-corrected chi connectivity index (χ1v) is 11.5. The molecular weight excluding hydrogens is 374 g/mol. The van der Waals surface area contributed by atoms with Crippen molar-refractivity contribution in [2.24, 2.45) is 0 Å². The van der Waals surface area contributed by atoms with Crippen molar-refractivity contribution in [1.82, 2.24) is 4.90 Å². The van der Waals surface area contributed by atoms with Gasteiger partial charge in [0.05, 0.1) is 5.41 Å². The molecule has 0 aliphatic heterocycles. The van der Waals surface area contributed by atoms with E-state index in [1.54, 1.807) is 0 Å². The van der Waals surface area contributed by atoms with Gasteiger partial charge in [0.1, 0.15) is 0 Å². The standard InChI is InChI=1S/C30H25N/c1-3-31(4-2)18-19-15-16-27-25(17-19)24-13-8-12-23-22-11-7-10-21-20-9-5-6-14-26(20)30(27,28(21)22)29(23)24/h5-17H,3-4,18H2,1-2H3. The second-order valence-corrected chi connectivity index (χ2v) is 9.09. The van der Waals surface area contributed by atoms with Gasteiger partial charge in [0.25, 0.3) is 0 Å². The van der Waals surface area contributed by atoms with E-state index in [1.807, 2.05) is 0 Å². The summed E-state index contributed by atoms with van der Waals surface area (Å²) >= 11 is 0. The fourth-order valence-corrected chi connectivity index (χ4v) is 6.61. The first kappa shape index (κ1) is 17.5. The summed E-state index contributed by atoms with van der Waals surface area (Å²) in [6, 6.07) is 30.2. The predicted octanol–water partition coefficient (Wildman–Crippen LogP) is 6.85. The number of hydrogen-bond donors (Lipinski definition) is 0. The van der Waals surface area contributed by atoms with Gasteiger partial charge in [0, 0.05) is 6.54 Å². The van der Waals surface area contributed by atoms with E-state index in [9.17, 15) is 0 Å². The van der Waals surface area contributed by atoms with Crippen molar-refractivity contribution in [3.63, 3.8) is 0 Å². The quantitative estimate of drug-likeness (QED) is 0.313. The molecule has 0 radical (unpaired) electrons. The molecule has 1 nitrogen and oxygen atoms in total. The van der Waals surface area contributed by atoms with Crippen LogP contribution in [0.1, 0.15) is 41.7 Å². The Balaban J connectivity index is 1.57. The van der Waals surface area contributed by atoms with Crippen LogP contribution in [-0.4, -0.2) is 18.0 Å². The van der Waals surface area contributed by atoms with Gasteiger partial charge in [-0.3, -0.25) is 4.90 Å². The molecule has 0 heterocycles. The summed E-state index contributed by atoms with van der Waals surface area (Å²) in [5, 5.41) is 0. The molecule has 3 aliphatic rings. The van der Waals surface area contributed by atoms with Crippen LogP contribution in [0.25, 0.3) is 33.4 Å². The van der Waals surface area contributed by atoms with Crippen LogP contribution in [0, 0.1) is 0 Å². The molecule has 0 amide bonds. The molecule has 0 fully saturated rings. The van der Waals surface area contributed by atoms with E-state index in [2.05, 4.69) is 97.6 Å². The third-order valence-corrected chi connectivity index (χ3v) is 7.87. The van der Waals surface area contributed by atoms with Crippen LogP contribution in [0.15, 0.2) is 78.9 Å². The Bertz CT molecular complexity index is 1380. The van der Waals surface area contributed by atoms with Crippen LogP contribution >= 0.6 is 0 Å². The maximum Gasteiger partial charge on any atom is 0.0737 e. The van der Waals surface area contributed by atoms with E-state index in [4.69, 9.17) is 0 Å². The zero-order valence-corrected chi connectivity index (χ0v) is 18.1. The largest absolute Gasteiger partial charge is 0.300 e. The van der Waals surface area contributed by atoms with Crippen molar-refractivity contribution in [3.8, 4) is 33.4 Å². The summed E-state index contributed by atoms with van der Waals surface area (Å²) in [5.74, 6) is 0. The average Bonchev–Trinajstić information content (AvgIpc) is 3.41. The summed E-state index contributed by atoms with van der Waals surface area (Å²) in [5.41, 5.74) is 15.7.